The van der Waals surface area contributed by atoms with Crippen LogP contribution >= 0.6 is 50.5 Å². The molecule has 1 aliphatic heterocycles. The molecule has 9 nitrogen and oxygen atoms in total. The lowest BCUT2D eigenvalue weighted by atomic mass is 10.1. The monoisotopic (exact) mass is 649 g/mol. The maximum atomic E-state index is 13.7. The average Bonchev–Trinajstić information content (AvgIpc) is 3.60. The zero-order valence-corrected chi connectivity index (χ0v) is 24.2. The molecule has 2 N–H and O–H groups in total. The van der Waals surface area contributed by atoms with Crippen molar-refractivity contribution in [1.29, 1.82) is 0 Å². The highest BCUT2D eigenvalue weighted by Gasteiger charge is 2.24. The first kappa shape index (κ1) is 27.6. The molecular weight excluding hydrogens is 629 g/mol. The summed E-state index contributed by atoms with van der Waals surface area (Å²) in [4.78, 5) is 31.1. The Morgan fingerprint density at radius 3 is 2.82 bits per heavy atom. The predicted molar refractivity (Wildman–Crippen MR) is 154 cm³/mol. The highest BCUT2D eigenvalue weighted by Crippen LogP contribution is 2.32. The van der Waals surface area contributed by atoms with Crippen LogP contribution in [0.4, 0.5) is 5.69 Å². The van der Waals surface area contributed by atoms with Crippen LogP contribution in [0.5, 0.6) is 11.6 Å². The lowest BCUT2D eigenvalue weighted by Crippen LogP contribution is -2.36. The fraction of sp³-hybridized carbons (Fsp3) is 0.231. The Balaban J connectivity index is 1.44. The molecule has 4 aromatic rings. The van der Waals surface area contributed by atoms with E-state index in [0.29, 0.717) is 28.4 Å². The van der Waals surface area contributed by atoms with Crippen LogP contribution in [0, 0.1) is 0 Å². The largest absolute Gasteiger partial charge is 0.437 e. The number of benzene rings is 1. The van der Waals surface area contributed by atoms with E-state index in [4.69, 9.17) is 32.7 Å². The molecule has 202 valence electrons. The highest BCUT2D eigenvalue weighted by atomic mass is 79.9. The van der Waals surface area contributed by atoms with Gasteiger partial charge in [0.05, 0.1) is 22.4 Å². The van der Waals surface area contributed by atoms with Gasteiger partial charge in [0.1, 0.15) is 11.4 Å². The molecule has 1 aliphatic rings. The van der Waals surface area contributed by atoms with Gasteiger partial charge in [-0.15, -0.1) is 16.4 Å². The molecule has 1 unspecified atom stereocenters. The standard InChI is InChI=1S/C26H22BrCl2N5O4S/c27-19-11-15(28)10-18(25(35)31-13-16-4-1-2-8-37-16)23(19)32-26(36)21-12-22(38-17-6-9-39-14-17)33-34(21)24-20(29)5-3-7-30-24/h3,5-7,9-12,14,16H,1-2,4,8,13H2,(H,31,35)(H,32,36). The third-order valence-corrected chi connectivity index (χ3v) is 7.68. The molecule has 0 radical (unpaired) electrons. The van der Waals surface area contributed by atoms with E-state index in [-0.39, 0.29) is 39.8 Å². The smallest absolute Gasteiger partial charge is 0.274 e. The topological polar surface area (TPSA) is 107 Å². The minimum absolute atomic E-state index is 0.0533. The second-order valence-corrected chi connectivity index (χ2v) is 11.1. The Bertz CT molecular complexity index is 1490. The predicted octanol–water partition coefficient (Wildman–Crippen LogP) is 6.74. The molecule has 1 aromatic carbocycles. The van der Waals surface area contributed by atoms with Crippen molar-refractivity contribution in [3.8, 4) is 17.4 Å². The number of amides is 2. The number of aromatic nitrogens is 3. The Morgan fingerprint density at radius 2 is 2.08 bits per heavy atom. The van der Waals surface area contributed by atoms with E-state index in [1.54, 1.807) is 29.6 Å². The summed E-state index contributed by atoms with van der Waals surface area (Å²) in [5.74, 6) is 0.0126. The van der Waals surface area contributed by atoms with Gasteiger partial charge in [0.2, 0.25) is 5.88 Å². The third-order valence-electron chi connectivity index (χ3n) is 5.88. The Labute approximate surface area is 246 Å². The Kier molecular flexibility index (Phi) is 8.83. The minimum Gasteiger partial charge on any atom is -0.437 e. The number of hydrogen-bond acceptors (Lipinski definition) is 7. The number of carbonyl (C=O) groups is 2. The number of nitrogens with zero attached hydrogens (tertiary/aromatic N) is 3. The zero-order valence-electron chi connectivity index (χ0n) is 20.3. The van der Waals surface area contributed by atoms with Crippen molar-refractivity contribution in [2.75, 3.05) is 18.5 Å². The van der Waals surface area contributed by atoms with Gasteiger partial charge in [-0.1, -0.05) is 23.2 Å². The van der Waals surface area contributed by atoms with Gasteiger partial charge in [-0.05, 0) is 70.9 Å². The lowest BCUT2D eigenvalue weighted by molar-refractivity contribution is 0.0169. The molecule has 1 saturated heterocycles. The summed E-state index contributed by atoms with van der Waals surface area (Å²) in [6.45, 7) is 1.03. The van der Waals surface area contributed by atoms with E-state index in [2.05, 4.69) is 36.6 Å². The van der Waals surface area contributed by atoms with E-state index >= 15 is 0 Å². The molecule has 13 heteroatoms. The van der Waals surface area contributed by atoms with Crippen molar-refractivity contribution in [2.45, 2.75) is 25.4 Å². The number of hydrogen-bond donors (Lipinski definition) is 2. The van der Waals surface area contributed by atoms with Gasteiger partial charge >= 0.3 is 0 Å². The van der Waals surface area contributed by atoms with Crippen molar-refractivity contribution in [1.82, 2.24) is 20.1 Å². The van der Waals surface area contributed by atoms with Crippen LogP contribution in [0.25, 0.3) is 5.82 Å². The van der Waals surface area contributed by atoms with Crippen molar-refractivity contribution in [3.05, 3.63) is 79.1 Å². The summed E-state index contributed by atoms with van der Waals surface area (Å²) in [5.41, 5.74) is 0.520. The first-order valence-electron chi connectivity index (χ1n) is 12.0. The first-order valence-corrected chi connectivity index (χ1v) is 14.5. The molecule has 1 atom stereocenters. The van der Waals surface area contributed by atoms with Crippen LogP contribution < -0.4 is 15.4 Å². The maximum Gasteiger partial charge on any atom is 0.274 e. The van der Waals surface area contributed by atoms with E-state index in [1.807, 2.05) is 5.38 Å². The van der Waals surface area contributed by atoms with Crippen molar-refractivity contribution < 1.29 is 19.1 Å². The maximum absolute atomic E-state index is 13.7. The van der Waals surface area contributed by atoms with Crippen LogP contribution in [0.15, 0.2) is 57.8 Å². The number of anilines is 1. The molecule has 2 amide bonds. The number of nitrogens with one attached hydrogen (secondary N) is 2. The average molecular weight is 651 g/mol. The summed E-state index contributed by atoms with van der Waals surface area (Å²) in [6, 6.07) is 9.66. The van der Waals surface area contributed by atoms with Crippen molar-refractivity contribution in [3.63, 3.8) is 0 Å². The molecule has 0 bridgehead atoms. The quantitative estimate of drug-likeness (QED) is 0.219. The summed E-state index contributed by atoms with van der Waals surface area (Å²) in [5, 5.41) is 14.4. The van der Waals surface area contributed by atoms with Gasteiger partial charge in [-0.3, -0.25) is 9.59 Å². The number of halogens is 3. The molecular formula is C26H22BrCl2N5O4S. The summed E-state index contributed by atoms with van der Waals surface area (Å²) < 4.78 is 13.3. The Hall–Kier alpha value is -2.96. The number of pyridine rings is 1. The SMILES string of the molecule is O=C(NCC1CCCCO1)c1cc(Cl)cc(Br)c1NC(=O)c1cc(Oc2ccsc2)nn1-c1ncccc1Cl. The van der Waals surface area contributed by atoms with Gasteiger partial charge < -0.3 is 20.1 Å². The minimum atomic E-state index is -0.572. The van der Waals surface area contributed by atoms with Crippen LogP contribution in [-0.4, -0.2) is 45.8 Å². The molecule has 5 rings (SSSR count). The first-order chi connectivity index (χ1) is 18.9. The highest BCUT2D eigenvalue weighted by molar-refractivity contribution is 9.10. The van der Waals surface area contributed by atoms with Gasteiger partial charge in [-0.25, -0.2) is 9.67 Å². The van der Waals surface area contributed by atoms with E-state index in [0.717, 1.165) is 19.3 Å². The van der Waals surface area contributed by atoms with E-state index in [1.165, 1.54) is 34.3 Å². The number of ether oxygens (including phenoxy) is 2. The van der Waals surface area contributed by atoms with Gasteiger partial charge in [0, 0.05) is 40.3 Å². The molecule has 0 aliphatic carbocycles. The summed E-state index contributed by atoms with van der Waals surface area (Å²) in [7, 11) is 0. The van der Waals surface area contributed by atoms with Crippen LogP contribution in [-0.2, 0) is 4.74 Å². The fourth-order valence-corrected chi connectivity index (χ4v) is 5.69. The Morgan fingerprint density at radius 1 is 1.21 bits per heavy atom. The number of carbonyl (C=O) groups excluding carboxylic acids is 2. The molecule has 0 saturated carbocycles. The number of rotatable bonds is 8. The van der Waals surface area contributed by atoms with E-state index < -0.39 is 11.8 Å². The summed E-state index contributed by atoms with van der Waals surface area (Å²) in [6.07, 6.45) is 4.43. The molecule has 1 fully saturated rings. The van der Waals surface area contributed by atoms with Crippen LogP contribution in [0.1, 0.15) is 40.1 Å². The second kappa shape index (κ2) is 12.5. The number of thiophene rings is 1. The summed E-state index contributed by atoms with van der Waals surface area (Å²) >= 11 is 17.5. The second-order valence-electron chi connectivity index (χ2n) is 8.61. The van der Waals surface area contributed by atoms with Crippen LogP contribution in [0.3, 0.4) is 0 Å². The molecule has 0 spiro atoms. The normalized spacial score (nSPS) is 15.1. The molecule has 3 aromatic heterocycles. The fourth-order valence-electron chi connectivity index (χ4n) is 4.02. The molecule has 4 heterocycles. The third kappa shape index (κ3) is 6.62. The van der Waals surface area contributed by atoms with Gasteiger partial charge in [-0.2, -0.15) is 0 Å². The zero-order chi connectivity index (χ0) is 27.4. The van der Waals surface area contributed by atoms with Gasteiger partial charge in [0.15, 0.2) is 5.82 Å². The molecule has 39 heavy (non-hydrogen) atoms. The van der Waals surface area contributed by atoms with Crippen LogP contribution in [0.2, 0.25) is 10.0 Å². The van der Waals surface area contributed by atoms with Gasteiger partial charge in [0.25, 0.3) is 11.8 Å². The van der Waals surface area contributed by atoms with E-state index in [9.17, 15) is 9.59 Å². The van der Waals surface area contributed by atoms with Crippen molar-refractivity contribution >= 4 is 68.0 Å². The lowest BCUT2D eigenvalue weighted by Gasteiger charge is -2.23. The van der Waals surface area contributed by atoms with Crippen molar-refractivity contribution in [2.24, 2.45) is 0 Å².